The summed E-state index contributed by atoms with van der Waals surface area (Å²) < 4.78 is 1.11. The maximum atomic E-state index is 10.6. The number of hydrogen-bond acceptors (Lipinski definition) is 3. The van der Waals surface area contributed by atoms with Gasteiger partial charge in [-0.2, -0.15) is 0 Å². The van der Waals surface area contributed by atoms with Gasteiger partial charge < -0.3 is 5.11 Å². The second kappa shape index (κ2) is 7.04. The van der Waals surface area contributed by atoms with E-state index in [0.717, 1.165) is 30.4 Å². The van der Waals surface area contributed by atoms with Crippen LogP contribution in [-0.2, 0) is 6.42 Å². The Bertz CT molecular complexity index is 364. The Hall–Kier alpha value is 0.1000. The molecule has 4 heteroatoms. The number of rotatable bonds is 7. The smallest absolute Gasteiger partial charge is 0.0769 e. The van der Waals surface area contributed by atoms with Crippen LogP contribution in [0.2, 0.25) is 0 Å². The Balaban J connectivity index is 2.80. The van der Waals surface area contributed by atoms with Crippen molar-refractivity contribution >= 4 is 27.3 Å². The maximum absolute atomic E-state index is 10.6. The molecule has 0 aliphatic rings. The molecule has 0 bridgehead atoms. The van der Waals surface area contributed by atoms with Gasteiger partial charge in [0, 0.05) is 26.7 Å². The van der Waals surface area contributed by atoms with Crippen LogP contribution in [-0.4, -0.2) is 34.7 Å². The van der Waals surface area contributed by atoms with Gasteiger partial charge in [-0.25, -0.2) is 0 Å². The summed E-state index contributed by atoms with van der Waals surface area (Å²) in [4.78, 5) is 3.60. The molecule has 1 heterocycles. The van der Waals surface area contributed by atoms with Gasteiger partial charge in [0.05, 0.1) is 6.10 Å². The van der Waals surface area contributed by atoms with E-state index in [9.17, 15) is 5.11 Å². The SMILES string of the molecule is CCN(CC)C(C)(CC)C(O)Cc1cc(Br)cs1. The van der Waals surface area contributed by atoms with Gasteiger partial charge >= 0.3 is 0 Å². The van der Waals surface area contributed by atoms with E-state index in [4.69, 9.17) is 0 Å². The van der Waals surface area contributed by atoms with Crippen LogP contribution in [0.3, 0.4) is 0 Å². The molecule has 104 valence electrons. The Morgan fingerprint density at radius 1 is 1.39 bits per heavy atom. The van der Waals surface area contributed by atoms with Crippen molar-refractivity contribution in [1.29, 1.82) is 0 Å². The van der Waals surface area contributed by atoms with E-state index in [1.54, 1.807) is 11.3 Å². The highest BCUT2D eigenvalue weighted by atomic mass is 79.9. The molecule has 1 aromatic rings. The summed E-state index contributed by atoms with van der Waals surface area (Å²) in [5, 5.41) is 12.7. The van der Waals surface area contributed by atoms with Crippen LogP contribution < -0.4 is 0 Å². The van der Waals surface area contributed by atoms with Gasteiger partial charge in [-0.05, 0) is 48.4 Å². The molecule has 0 spiro atoms. The largest absolute Gasteiger partial charge is 0.391 e. The highest BCUT2D eigenvalue weighted by Gasteiger charge is 2.35. The molecule has 18 heavy (non-hydrogen) atoms. The van der Waals surface area contributed by atoms with Gasteiger partial charge in [0.15, 0.2) is 0 Å². The highest BCUT2D eigenvalue weighted by molar-refractivity contribution is 9.10. The van der Waals surface area contributed by atoms with E-state index < -0.39 is 0 Å². The summed E-state index contributed by atoms with van der Waals surface area (Å²) in [6.07, 6.45) is 1.37. The summed E-state index contributed by atoms with van der Waals surface area (Å²) in [6.45, 7) is 10.6. The Morgan fingerprint density at radius 3 is 2.39 bits per heavy atom. The first-order chi connectivity index (χ1) is 8.47. The molecule has 1 aromatic heterocycles. The number of hydrogen-bond donors (Lipinski definition) is 1. The van der Waals surface area contributed by atoms with Crippen molar-refractivity contribution in [2.45, 2.75) is 52.2 Å². The quantitative estimate of drug-likeness (QED) is 0.817. The van der Waals surface area contributed by atoms with Crippen molar-refractivity contribution in [2.24, 2.45) is 0 Å². The summed E-state index contributed by atoms with van der Waals surface area (Å²) in [5.74, 6) is 0. The molecule has 0 saturated carbocycles. The zero-order chi connectivity index (χ0) is 13.8. The zero-order valence-corrected chi connectivity index (χ0v) is 14.1. The first-order valence-corrected chi connectivity index (χ1v) is 8.31. The molecular weight excluding hydrogens is 310 g/mol. The molecule has 0 aliphatic heterocycles. The van der Waals surface area contributed by atoms with E-state index in [1.807, 2.05) is 0 Å². The van der Waals surface area contributed by atoms with Crippen LogP contribution in [0, 0.1) is 0 Å². The maximum Gasteiger partial charge on any atom is 0.0769 e. The summed E-state index contributed by atoms with van der Waals surface area (Å²) in [6, 6.07) is 2.10. The second-order valence-electron chi connectivity index (χ2n) is 4.83. The molecular formula is C14H24BrNOS. The first-order valence-electron chi connectivity index (χ1n) is 6.63. The third-order valence-electron chi connectivity index (χ3n) is 3.94. The van der Waals surface area contributed by atoms with Crippen LogP contribution >= 0.6 is 27.3 Å². The zero-order valence-electron chi connectivity index (χ0n) is 11.7. The molecule has 2 nitrogen and oxygen atoms in total. The van der Waals surface area contributed by atoms with Crippen LogP contribution in [0.15, 0.2) is 15.9 Å². The summed E-state index contributed by atoms with van der Waals surface area (Å²) in [5.41, 5.74) is -0.139. The van der Waals surface area contributed by atoms with E-state index in [0.29, 0.717) is 0 Å². The average molecular weight is 334 g/mol. The van der Waals surface area contributed by atoms with Crippen molar-refractivity contribution in [3.8, 4) is 0 Å². The van der Waals surface area contributed by atoms with Crippen molar-refractivity contribution in [1.82, 2.24) is 4.90 Å². The monoisotopic (exact) mass is 333 g/mol. The standard InChI is InChI=1S/C14H24BrNOS/c1-5-14(4,16(6-2)7-3)13(17)9-12-8-11(15)10-18-12/h8,10,13,17H,5-7,9H2,1-4H3. The molecule has 0 fully saturated rings. The number of nitrogens with zero attached hydrogens (tertiary/aromatic N) is 1. The van der Waals surface area contributed by atoms with E-state index in [1.165, 1.54) is 4.88 Å². The number of thiophene rings is 1. The Kier molecular flexibility index (Phi) is 6.31. The third-order valence-corrected chi connectivity index (χ3v) is 5.66. The lowest BCUT2D eigenvalue weighted by molar-refractivity contribution is -0.0186. The van der Waals surface area contributed by atoms with Gasteiger partial charge in [-0.3, -0.25) is 4.90 Å². The average Bonchev–Trinajstić information content (AvgIpc) is 2.75. The highest BCUT2D eigenvalue weighted by Crippen LogP contribution is 2.28. The molecule has 0 amide bonds. The molecule has 0 radical (unpaired) electrons. The van der Waals surface area contributed by atoms with Crippen LogP contribution in [0.1, 0.15) is 39.0 Å². The van der Waals surface area contributed by atoms with Crippen LogP contribution in [0.25, 0.3) is 0 Å². The fourth-order valence-corrected chi connectivity index (χ4v) is 3.98. The molecule has 1 rings (SSSR count). The Labute approximate surface area is 123 Å². The third kappa shape index (κ3) is 3.56. The summed E-state index contributed by atoms with van der Waals surface area (Å²) >= 11 is 5.17. The lowest BCUT2D eigenvalue weighted by Crippen LogP contribution is -2.54. The van der Waals surface area contributed by atoms with Crippen molar-refractivity contribution in [3.05, 3.63) is 20.8 Å². The number of halogens is 1. The predicted octanol–water partition coefficient (Wildman–Crippen LogP) is 3.92. The van der Waals surface area contributed by atoms with Gasteiger partial charge in [-0.15, -0.1) is 11.3 Å². The second-order valence-corrected chi connectivity index (χ2v) is 6.75. The molecule has 1 N–H and O–H groups in total. The van der Waals surface area contributed by atoms with Crippen LogP contribution in [0.5, 0.6) is 0 Å². The normalized spacial score (nSPS) is 16.8. The van der Waals surface area contributed by atoms with Gasteiger partial charge in [0.1, 0.15) is 0 Å². The fraction of sp³-hybridized carbons (Fsp3) is 0.714. The Morgan fingerprint density at radius 2 is 2.00 bits per heavy atom. The minimum atomic E-state index is -0.326. The van der Waals surface area contributed by atoms with Crippen molar-refractivity contribution in [3.63, 3.8) is 0 Å². The van der Waals surface area contributed by atoms with Crippen molar-refractivity contribution in [2.75, 3.05) is 13.1 Å². The van der Waals surface area contributed by atoms with E-state index >= 15 is 0 Å². The van der Waals surface area contributed by atoms with Crippen molar-refractivity contribution < 1.29 is 5.11 Å². The number of likely N-dealkylation sites (N-methyl/N-ethyl adjacent to an activating group) is 1. The topological polar surface area (TPSA) is 23.5 Å². The lowest BCUT2D eigenvalue weighted by atomic mass is 9.87. The van der Waals surface area contributed by atoms with E-state index in [2.05, 4.69) is 60.0 Å². The number of aliphatic hydroxyl groups is 1. The number of aliphatic hydroxyl groups excluding tert-OH is 1. The van der Waals surface area contributed by atoms with Gasteiger partial charge in [0.2, 0.25) is 0 Å². The first kappa shape index (κ1) is 16.2. The summed E-state index contributed by atoms with van der Waals surface area (Å²) in [7, 11) is 0. The molecule has 2 atom stereocenters. The molecule has 0 saturated heterocycles. The van der Waals surface area contributed by atoms with Gasteiger partial charge in [-0.1, -0.05) is 20.8 Å². The minimum Gasteiger partial charge on any atom is -0.391 e. The molecule has 0 aromatic carbocycles. The lowest BCUT2D eigenvalue weighted by Gasteiger charge is -2.43. The molecule has 0 aliphatic carbocycles. The minimum absolute atomic E-state index is 0.139. The van der Waals surface area contributed by atoms with E-state index in [-0.39, 0.29) is 11.6 Å². The fourth-order valence-electron chi connectivity index (χ4n) is 2.49. The van der Waals surface area contributed by atoms with Crippen LogP contribution in [0.4, 0.5) is 0 Å². The predicted molar refractivity (Wildman–Crippen MR) is 83.3 cm³/mol. The van der Waals surface area contributed by atoms with Gasteiger partial charge in [0.25, 0.3) is 0 Å². The molecule has 2 unspecified atom stereocenters.